The largest absolute Gasteiger partial charge is 0.346 e. The van der Waals surface area contributed by atoms with Crippen LogP contribution in [0.3, 0.4) is 0 Å². The van der Waals surface area contributed by atoms with Crippen LogP contribution in [0, 0.1) is 0 Å². The van der Waals surface area contributed by atoms with Crippen LogP contribution in [-0.4, -0.2) is 16.3 Å². The molecule has 0 saturated carbocycles. The average molecular weight is 195 g/mol. The lowest BCUT2D eigenvalue weighted by Gasteiger charge is -2.00. The summed E-state index contributed by atoms with van der Waals surface area (Å²) in [7, 11) is 0. The second-order valence-electron chi connectivity index (χ2n) is 2.68. The Hall–Kier alpha value is -1.35. The van der Waals surface area contributed by atoms with Crippen molar-refractivity contribution >= 4 is 28.9 Å². The molecule has 3 nitrogen and oxygen atoms in total. The Morgan fingerprint density at radius 2 is 2.46 bits per heavy atom. The van der Waals surface area contributed by atoms with Crippen LogP contribution in [0.1, 0.15) is 15.9 Å². The van der Waals surface area contributed by atoms with Gasteiger partial charge in [-0.05, 0) is 11.6 Å². The highest BCUT2D eigenvalue weighted by atomic mass is 35.5. The summed E-state index contributed by atoms with van der Waals surface area (Å²) in [5, 5.41) is 0.916. The zero-order valence-corrected chi connectivity index (χ0v) is 7.51. The van der Waals surface area contributed by atoms with Crippen LogP contribution in [-0.2, 0) is 5.88 Å². The van der Waals surface area contributed by atoms with E-state index in [2.05, 4.69) is 9.97 Å². The summed E-state index contributed by atoms with van der Waals surface area (Å²) >= 11 is 5.75. The van der Waals surface area contributed by atoms with Gasteiger partial charge in [-0.1, -0.05) is 0 Å². The molecule has 0 atom stereocenters. The number of fused-ring (bicyclic) bond motifs is 1. The van der Waals surface area contributed by atoms with E-state index in [4.69, 9.17) is 11.6 Å². The number of aromatic amines is 1. The number of H-pyrrole nitrogens is 1. The summed E-state index contributed by atoms with van der Waals surface area (Å²) in [5.41, 5.74) is 2.16. The molecule has 0 aliphatic carbocycles. The maximum Gasteiger partial charge on any atom is 0.151 e. The number of pyridine rings is 1. The first-order valence-corrected chi connectivity index (χ1v) is 4.36. The molecule has 0 amide bonds. The third-order valence-electron chi connectivity index (χ3n) is 1.99. The Balaban J connectivity index is 2.81. The SMILES string of the molecule is O=Cc1cnc2[nH]ccc2c1CCl. The zero-order valence-electron chi connectivity index (χ0n) is 6.75. The summed E-state index contributed by atoms with van der Waals surface area (Å²) in [4.78, 5) is 17.7. The molecule has 0 aromatic carbocycles. The summed E-state index contributed by atoms with van der Waals surface area (Å²) in [5.74, 6) is 0.324. The van der Waals surface area contributed by atoms with Gasteiger partial charge >= 0.3 is 0 Å². The molecule has 0 spiro atoms. The number of carbonyl (C=O) groups is 1. The third-order valence-corrected chi connectivity index (χ3v) is 2.26. The molecule has 0 aliphatic heterocycles. The Morgan fingerprint density at radius 3 is 3.15 bits per heavy atom. The first-order chi connectivity index (χ1) is 6.36. The van der Waals surface area contributed by atoms with E-state index in [-0.39, 0.29) is 0 Å². The first kappa shape index (κ1) is 8.26. The van der Waals surface area contributed by atoms with Crippen LogP contribution in [0.2, 0.25) is 0 Å². The topological polar surface area (TPSA) is 45.8 Å². The van der Waals surface area contributed by atoms with Gasteiger partial charge in [0.25, 0.3) is 0 Å². The maximum absolute atomic E-state index is 10.6. The number of nitrogens with zero attached hydrogens (tertiary/aromatic N) is 1. The smallest absolute Gasteiger partial charge is 0.151 e. The van der Waals surface area contributed by atoms with Gasteiger partial charge in [-0.2, -0.15) is 0 Å². The molecule has 0 aliphatic rings. The van der Waals surface area contributed by atoms with Crippen LogP contribution in [0.25, 0.3) is 11.0 Å². The molecule has 13 heavy (non-hydrogen) atoms. The van der Waals surface area contributed by atoms with Crippen molar-refractivity contribution in [3.05, 3.63) is 29.6 Å². The van der Waals surface area contributed by atoms with Crippen LogP contribution in [0.15, 0.2) is 18.5 Å². The summed E-state index contributed by atoms with van der Waals surface area (Å²) in [6.07, 6.45) is 4.09. The highest BCUT2D eigenvalue weighted by Crippen LogP contribution is 2.20. The predicted octanol–water partition coefficient (Wildman–Crippen LogP) is 2.11. The van der Waals surface area contributed by atoms with Crippen LogP contribution in [0.4, 0.5) is 0 Å². The molecule has 2 aromatic rings. The Labute approximate surface area is 79.7 Å². The van der Waals surface area contributed by atoms with Gasteiger partial charge in [0.2, 0.25) is 0 Å². The fourth-order valence-electron chi connectivity index (χ4n) is 1.33. The van der Waals surface area contributed by atoms with Gasteiger partial charge in [0.05, 0.1) is 0 Å². The number of aromatic nitrogens is 2. The lowest BCUT2D eigenvalue weighted by Crippen LogP contribution is -1.92. The normalized spacial score (nSPS) is 10.5. The average Bonchev–Trinajstić information content (AvgIpc) is 2.63. The fraction of sp³-hybridized carbons (Fsp3) is 0.111. The van der Waals surface area contributed by atoms with Crippen molar-refractivity contribution in [1.82, 2.24) is 9.97 Å². The zero-order chi connectivity index (χ0) is 9.26. The molecule has 0 unspecified atom stereocenters. The molecule has 2 aromatic heterocycles. The van der Waals surface area contributed by atoms with E-state index in [1.165, 1.54) is 6.20 Å². The van der Waals surface area contributed by atoms with Crippen molar-refractivity contribution in [3.63, 3.8) is 0 Å². The number of halogens is 1. The van der Waals surface area contributed by atoms with Crippen LogP contribution >= 0.6 is 11.6 Å². The molecule has 66 valence electrons. The number of alkyl halides is 1. The number of rotatable bonds is 2. The monoisotopic (exact) mass is 194 g/mol. The van der Waals surface area contributed by atoms with Gasteiger partial charge in [0.15, 0.2) is 6.29 Å². The number of hydrogen-bond acceptors (Lipinski definition) is 2. The summed E-state index contributed by atoms with van der Waals surface area (Å²) in [6, 6.07) is 1.87. The molecule has 2 rings (SSSR count). The highest BCUT2D eigenvalue weighted by Gasteiger charge is 2.07. The Kier molecular flexibility index (Phi) is 2.02. The second kappa shape index (κ2) is 3.18. The van der Waals surface area contributed by atoms with Crippen molar-refractivity contribution < 1.29 is 4.79 Å². The van der Waals surface area contributed by atoms with Gasteiger partial charge in [-0.15, -0.1) is 11.6 Å². The number of aldehydes is 1. The van der Waals surface area contributed by atoms with Crippen molar-refractivity contribution in [2.24, 2.45) is 0 Å². The molecule has 1 N–H and O–H groups in total. The lowest BCUT2D eigenvalue weighted by atomic mass is 10.1. The number of carbonyl (C=O) groups excluding carboxylic acids is 1. The van der Waals surface area contributed by atoms with Crippen LogP contribution < -0.4 is 0 Å². The van der Waals surface area contributed by atoms with Gasteiger partial charge in [0, 0.05) is 29.2 Å². The molecule has 0 saturated heterocycles. The minimum Gasteiger partial charge on any atom is -0.346 e. The van der Waals surface area contributed by atoms with E-state index in [0.717, 1.165) is 22.9 Å². The second-order valence-corrected chi connectivity index (χ2v) is 2.95. The summed E-state index contributed by atoms with van der Waals surface area (Å²) < 4.78 is 0. The Bertz CT molecular complexity index is 450. The van der Waals surface area contributed by atoms with Crippen molar-refractivity contribution in [1.29, 1.82) is 0 Å². The van der Waals surface area contributed by atoms with Gasteiger partial charge < -0.3 is 4.98 Å². The number of hydrogen-bond donors (Lipinski definition) is 1. The molecule has 0 bridgehead atoms. The highest BCUT2D eigenvalue weighted by molar-refractivity contribution is 6.18. The van der Waals surface area contributed by atoms with E-state index in [1.54, 1.807) is 6.20 Å². The molecular formula is C9H7ClN2O. The van der Waals surface area contributed by atoms with Crippen molar-refractivity contribution in [3.8, 4) is 0 Å². The summed E-state index contributed by atoms with van der Waals surface area (Å²) in [6.45, 7) is 0. The maximum atomic E-state index is 10.6. The predicted molar refractivity (Wildman–Crippen MR) is 51.0 cm³/mol. The third kappa shape index (κ3) is 1.21. The van der Waals surface area contributed by atoms with E-state index in [0.29, 0.717) is 11.4 Å². The standard InChI is InChI=1S/C9H7ClN2O/c10-3-8-6(5-13)4-12-9-7(8)1-2-11-9/h1-2,4-5H,3H2,(H,11,12). The molecular weight excluding hydrogens is 188 g/mol. The number of nitrogens with one attached hydrogen (secondary N) is 1. The van der Waals surface area contributed by atoms with Crippen molar-refractivity contribution in [2.75, 3.05) is 0 Å². The van der Waals surface area contributed by atoms with Gasteiger partial charge in [0.1, 0.15) is 5.65 Å². The minimum atomic E-state index is 0.324. The van der Waals surface area contributed by atoms with E-state index in [1.807, 2.05) is 6.07 Å². The van der Waals surface area contributed by atoms with E-state index >= 15 is 0 Å². The molecule has 0 fully saturated rings. The van der Waals surface area contributed by atoms with Crippen molar-refractivity contribution in [2.45, 2.75) is 5.88 Å². The van der Waals surface area contributed by atoms with E-state index < -0.39 is 0 Å². The molecule has 4 heteroatoms. The van der Waals surface area contributed by atoms with E-state index in [9.17, 15) is 4.79 Å². The molecule has 0 radical (unpaired) electrons. The van der Waals surface area contributed by atoms with Crippen LogP contribution in [0.5, 0.6) is 0 Å². The minimum absolute atomic E-state index is 0.324. The Morgan fingerprint density at radius 1 is 1.62 bits per heavy atom. The first-order valence-electron chi connectivity index (χ1n) is 3.83. The quantitative estimate of drug-likeness (QED) is 0.588. The van der Waals surface area contributed by atoms with Gasteiger partial charge in [-0.3, -0.25) is 4.79 Å². The van der Waals surface area contributed by atoms with Gasteiger partial charge in [-0.25, -0.2) is 4.98 Å². The fourth-order valence-corrected chi connectivity index (χ4v) is 1.63. The lowest BCUT2D eigenvalue weighted by molar-refractivity contribution is 0.112. The molecule has 2 heterocycles.